The molecule has 1 aliphatic heterocycles. The Morgan fingerprint density at radius 1 is 1.05 bits per heavy atom. The fourth-order valence-corrected chi connectivity index (χ4v) is 4.22. The Kier molecular flexibility index (Phi) is 3.53. The van der Waals surface area contributed by atoms with Gasteiger partial charge in [-0.2, -0.15) is 0 Å². The van der Waals surface area contributed by atoms with E-state index in [1.807, 2.05) is 6.07 Å². The summed E-state index contributed by atoms with van der Waals surface area (Å²) < 4.78 is 0. The SMILES string of the molecule is C[Si](C)(C)c1ccc(CN2CCc3cccc(N)c32)cc1. The Labute approximate surface area is 128 Å². The third-order valence-corrected chi connectivity index (χ3v) is 6.38. The maximum absolute atomic E-state index is 6.16. The third kappa shape index (κ3) is 2.83. The van der Waals surface area contributed by atoms with E-state index in [0.29, 0.717) is 0 Å². The maximum Gasteiger partial charge on any atom is 0.0775 e. The Bertz CT molecular complexity index is 641. The largest absolute Gasteiger partial charge is 0.397 e. The van der Waals surface area contributed by atoms with Crippen LogP contribution < -0.4 is 15.8 Å². The van der Waals surface area contributed by atoms with Crippen LogP contribution in [0, 0.1) is 0 Å². The van der Waals surface area contributed by atoms with Gasteiger partial charge in [-0.3, -0.25) is 0 Å². The smallest absolute Gasteiger partial charge is 0.0775 e. The molecule has 110 valence electrons. The second-order valence-electron chi connectivity index (χ2n) is 6.97. The average Bonchev–Trinajstić information content (AvgIpc) is 2.83. The molecule has 0 fully saturated rings. The van der Waals surface area contributed by atoms with Crippen LogP contribution in [0.15, 0.2) is 42.5 Å². The lowest BCUT2D eigenvalue weighted by Crippen LogP contribution is -2.37. The summed E-state index contributed by atoms with van der Waals surface area (Å²) in [5.74, 6) is 0. The van der Waals surface area contributed by atoms with Crippen molar-refractivity contribution < 1.29 is 0 Å². The van der Waals surface area contributed by atoms with Gasteiger partial charge in [0.25, 0.3) is 0 Å². The van der Waals surface area contributed by atoms with Crippen LogP contribution in [-0.4, -0.2) is 14.6 Å². The van der Waals surface area contributed by atoms with Crippen LogP contribution in [0.1, 0.15) is 11.1 Å². The van der Waals surface area contributed by atoms with E-state index in [1.54, 1.807) is 0 Å². The minimum Gasteiger partial charge on any atom is -0.397 e. The first-order valence-corrected chi connectivity index (χ1v) is 11.2. The van der Waals surface area contributed by atoms with Crippen molar-refractivity contribution in [1.29, 1.82) is 0 Å². The number of hydrogen-bond donors (Lipinski definition) is 1. The van der Waals surface area contributed by atoms with E-state index >= 15 is 0 Å². The zero-order chi connectivity index (χ0) is 15.0. The van der Waals surface area contributed by atoms with Crippen molar-refractivity contribution in [1.82, 2.24) is 0 Å². The molecule has 2 N–H and O–H groups in total. The number of nitrogens with two attached hydrogens (primary N) is 1. The topological polar surface area (TPSA) is 29.3 Å². The van der Waals surface area contributed by atoms with E-state index in [0.717, 1.165) is 25.2 Å². The highest BCUT2D eigenvalue weighted by Crippen LogP contribution is 2.34. The minimum absolute atomic E-state index is 0.906. The van der Waals surface area contributed by atoms with Gasteiger partial charge < -0.3 is 10.6 Å². The second-order valence-corrected chi connectivity index (χ2v) is 12.1. The molecule has 0 unspecified atom stereocenters. The van der Waals surface area contributed by atoms with Gasteiger partial charge in [-0.05, 0) is 23.6 Å². The van der Waals surface area contributed by atoms with Crippen molar-refractivity contribution in [3.63, 3.8) is 0 Å². The van der Waals surface area contributed by atoms with Crippen LogP contribution in [0.3, 0.4) is 0 Å². The number of fused-ring (bicyclic) bond motifs is 1. The number of nitrogen functional groups attached to an aromatic ring is 1. The molecule has 2 nitrogen and oxygen atoms in total. The summed E-state index contributed by atoms with van der Waals surface area (Å²) >= 11 is 0. The van der Waals surface area contributed by atoms with Gasteiger partial charge in [0.2, 0.25) is 0 Å². The van der Waals surface area contributed by atoms with E-state index in [9.17, 15) is 0 Å². The minimum atomic E-state index is -1.20. The quantitative estimate of drug-likeness (QED) is 0.695. The molecule has 3 heteroatoms. The molecule has 0 aromatic heterocycles. The molecule has 0 aliphatic carbocycles. The van der Waals surface area contributed by atoms with Crippen molar-refractivity contribution in [2.45, 2.75) is 32.6 Å². The summed E-state index contributed by atoms with van der Waals surface area (Å²) in [6, 6.07) is 15.4. The molecule has 0 amide bonds. The van der Waals surface area contributed by atoms with Gasteiger partial charge in [0, 0.05) is 13.1 Å². The first-order chi connectivity index (χ1) is 9.95. The molecule has 0 saturated heterocycles. The van der Waals surface area contributed by atoms with Crippen LogP contribution >= 0.6 is 0 Å². The lowest BCUT2D eigenvalue weighted by atomic mass is 10.1. The van der Waals surface area contributed by atoms with Gasteiger partial charge >= 0.3 is 0 Å². The summed E-state index contributed by atoms with van der Waals surface area (Å²) in [6.45, 7) is 9.19. The molecule has 2 aromatic carbocycles. The van der Waals surface area contributed by atoms with Crippen LogP contribution in [-0.2, 0) is 13.0 Å². The fourth-order valence-electron chi connectivity index (χ4n) is 3.05. The zero-order valence-electron chi connectivity index (χ0n) is 13.2. The van der Waals surface area contributed by atoms with Gasteiger partial charge in [-0.25, -0.2) is 0 Å². The van der Waals surface area contributed by atoms with Crippen LogP contribution in [0.4, 0.5) is 11.4 Å². The predicted molar refractivity (Wildman–Crippen MR) is 95.0 cm³/mol. The highest BCUT2D eigenvalue weighted by Gasteiger charge is 2.21. The third-order valence-electron chi connectivity index (χ3n) is 4.31. The predicted octanol–water partition coefficient (Wildman–Crippen LogP) is 3.38. The summed E-state index contributed by atoms with van der Waals surface area (Å²) in [7, 11) is -1.20. The Morgan fingerprint density at radius 3 is 2.43 bits per heavy atom. The van der Waals surface area contributed by atoms with Crippen molar-refractivity contribution in [2.24, 2.45) is 0 Å². The fraction of sp³-hybridized carbons (Fsp3) is 0.333. The molecule has 1 aliphatic rings. The average molecular weight is 296 g/mol. The standard InChI is InChI=1S/C18H24N2Si/c1-21(2,3)16-9-7-14(8-10-16)13-20-12-11-15-5-4-6-17(19)18(15)20/h4-10H,11-13,19H2,1-3H3. The molecule has 0 radical (unpaired) electrons. The highest BCUT2D eigenvalue weighted by atomic mass is 28.3. The van der Waals surface area contributed by atoms with Gasteiger partial charge in [0.15, 0.2) is 0 Å². The van der Waals surface area contributed by atoms with E-state index in [1.165, 1.54) is 22.0 Å². The van der Waals surface area contributed by atoms with E-state index in [-0.39, 0.29) is 0 Å². The Balaban J connectivity index is 1.80. The molecule has 3 rings (SSSR count). The second kappa shape index (κ2) is 5.23. The first kappa shape index (κ1) is 14.2. The lowest BCUT2D eigenvalue weighted by Gasteiger charge is -2.22. The summed E-state index contributed by atoms with van der Waals surface area (Å²) in [5.41, 5.74) is 11.1. The molecule has 0 saturated carbocycles. The van der Waals surface area contributed by atoms with E-state index in [4.69, 9.17) is 5.73 Å². The van der Waals surface area contributed by atoms with Crippen LogP contribution in [0.5, 0.6) is 0 Å². The number of anilines is 2. The first-order valence-electron chi connectivity index (χ1n) is 7.67. The number of hydrogen-bond acceptors (Lipinski definition) is 2. The number of benzene rings is 2. The molecular formula is C18H24N2Si. The maximum atomic E-state index is 6.16. The van der Waals surface area contributed by atoms with Gasteiger partial charge in [0.1, 0.15) is 0 Å². The normalized spacial score (nSPS) is 14.3. The van der Waals surface area contributed by atoms with Crippen molar-refractivity contribution in [2.75, 3.05) is 17.2 Å². The number of para-hydroxylation sites is 1. The monoisotopic (exact) mass is 296 g/mol. The molecule has 1 heterocycles. The number of rotatable bonds is 3. The molecular weight excluding hydrogens is 272 g/mol. The Morgan fingerprint density at radius 2 is 1.76 bits per heavy atom. The van der Waals surface area contributed by atoms with Crippen molar-refractivity contribution in [3.05, 3.63) is 53.6 Å². The van der Waals surface area contributed by atoms with Crippen LogP contribution in [0.25, 0.3) is 0 Å². The molecule has 2 aromatic rings. The summed E-state index contributed by atoms with van der Waals surface area (Å²) in [4.78, 5) is 2.41. The van der Waals surface area contributed by atoms with Crippen molar-refractivity contribution >= 4 is 24.6 Å². The van der Waals surface area contributed by atoms with Gasteiger partial charge in [0.05, 0.1) is 19.4 Å². The summed E-state index contributed by atoms with van der Waals surface area (Å²) in [5, 5.41) is 1.52. The summed E-state index contributed by atoms with van der Waals surface area (Å²) in [6.07, 6.45) is 1.10. The lowest BCUT2D eigenvalue weighted by molar-refractivity contribution is 0.837. The highest BCUT2D eigenvalue weighted by molar-refractivity contribution is 6.88. The van der Waals surface area contributed by atoms with Crippen LogP contribution in [0.2, 0.25) is 19.6 Å². The van der Waals surface area contributed by atoms with E-state index in [2.05, 4.69) is 60.9 Å². The van der Waals surface area contributed by atoms with E-state index < -0.39 is 8.07 Å². The molecule has 0 atom stereocenters. The zero-order valence-corrected chi connectivity index (χ0v) is 14.2. The molecule has 0 spiro atoms. The van der Waals surface area contributed by atoms with Gasteiger partial charge in [-0.1, -0.05) is 61.2 Å². The van der Waals surface area contributed by atoms with Gasteiger partial charge in [-0.15, -0.1) is 0 Å². The number of nitrogens with zero attached hydrogens (tertiary/aromatic N) is 1. The van der Waals surface area contributed by atoms with Crippen molar-refractivity contribution in [3.8, 4) is 0 Å². The molecule has 0 bridgehead atoms. The Hall–Kier alpha value is -1.74. The molecule has 21 heavy (non-hydrogen) atoms.